The number of rotatable bonds is 3. The van der Waals surface area contributed by atoms with Crippen LogP contribution in [0.25, 0.3) is 0 Å². The van der Waals surface area contributed by atoms with Crippen molar-refractivity contribution < 1.29 is 13.2 Å². The number of hydrogen-bond acceptors (Lipinski definition) is 3. The number of alkyl halides is 3. The van der Waals surface area contributed by atoms with E-state index >= 15 is 0 Å². The van der Waals surface area contributed by atoms with Gasteiger partial charge in [0.15, 0.2) is 0 Å². The highest BCUT2D eigenvalue weighted by Gasteiger charge is 2.26. The molecule has 0 radical (unpaired) electrons. The third kappa shape index (κ3) is 3.42. The Balaban J connectivity index is 2.63. The third-order valence-corrected chi connectivity index (χ3v) is 1.44. The highest BCUT2D eigenvalue weighted by molar-refractivity contribution is 5.53. The van der Waals surface area contributed by atoms with E-state index in [4.69, 9.17) is 0 Å². The number of nitrogens with one attached hydrogen (secondary N) is 1. The van der Waals surface area contributed by atoms with Gasteiger partial charge in [-0.3, -0.25) is 0 Å². The predicted octanol–water partition coefficient (Wildman–Crippen LogP) is 3.06. The molecule has 1 aromatic carbocycles. The Morgan fingerprint density at radius 3 is 2.64 bits per heavy atom. The minimum absolute atomic E-state index is 0.0946. The van der Waals surface area contributed by atoms with Gasteiger partial charge < -0.3 is 5.32 Å². The van der Waals surface area contributed by atoms with E-state index in [0.717, 1.165) is 0 Å². The molecule has 0 aromatic heterocycles. The first kappa shape index (κ1) is 10.5. The summed E-state index contributed by atoms with van der Waals surface area (Å²) in [5, 5.41) is 4.74. The number of anilines is 1. The Morgan fingerprint density at radius 1 is 1.36 bits per heavy atom. The first-order valence-electron chi connectivity index (χ1n) is 3.75. The van der Waals surface area contributed by atoms with Gasteiger partial charge in [0.25, 0.3) is 0 Å². The number of benzene rings is 1. The lowest BCUT2D eigenvalue weighted by Crippen LogP contribution is -2.21. The standard InChI is InChI=1S/C8H7F3N2O/c9-8(10,11)5-12-6-2-1-3-7(4-6)13-14/h1-4,12H,5H2. The van der Waals surface area contributed by atoms with E-state index in [1.54, 1.807) is 0 Å². The van der Waals surface area contributed by atoms with Gasteiger partial charge >= 0.3 is 6.18 Å². The Labute approximate surface area is 77.9 Å². The molecule has 0 atom stereocenters. The van der Waals surface area contributed by atoms with E-state index in [1.165, 1.54) is 24.3 Å². The van der Waals surface area contributed by atoms with Gasteiger partial charge in [-0.1, -0.05) is 6.07 Å². The Bertz CT molecular complexity index is 325. The summed E-state index contributed by atoms with van der Waals surface area (Å²) in [5.74, 6) is 0. The van der Waals surface area contributed by atoms with Crippen molar-refractivity contribution in [3.8, 4) is 0 Å². The number of nitrogens with zero attached hydrogens (tertiary/aromatic N) is 1. The molecule has 3 nitrogen and oxygen atoms in total. The molecule has 0 heterocycles. The summed E-state index contributed by atoms with van der Waals surface area (Å²) in [6.45, 7) is -1.13. The van der Waals surface area contributed by atoms with E-state index in [-0.39, 0.29) is 11.4 Å². The average molecular weight is 204 g/mol. The van der Waals surface area contributed by atoms with Crippen molar-refractivity contribution in [2.24, 2.45) is 5.18 Å². The molecule has 0 amide bonds. The molecule has 0 bridgehead atoms. The van der Waals surface area contributed by atoms with Crippen molar-refractivity contribution in [2.45, 2.75) is 6.18 Å². The molecule has 0 saturated carbocycles. The second-order valence-electron chi connectivity index (χ2n) is 2.61. The molecular weight excluding hydrogens is 197 g/mol. The van der Waals surface area contributed by atoms with Gasteiger partial charge in [-0.25, -0.2) is 0 Å². The van der Waals surface area contributed by atoms with Gasteiger partial charge in [0.05, 0.1) is 0 Å². The molecule has 0 aliphatic heterocycles. The molecule has 0 aliphatic rings. The fourth-order valence-electron chi connectivity index (χ4n) is 0.875. The van der Waals surface area contributed by atoms with E-state index in [9.17, 15) is 18.1 Å². The van der Waals surface area contributed by atoms with Crippen molar-refractivity contribution >= 4 is 11.4 Å². The highest BCUT2D eigenvalue weighted by atomic mass is 19.4. The van der Waals surface area contributed by atoms with Crippen LogP contribution in [0.1, 0.15) is 0 Å². The summed E-state index contributed by atoms with van der Waals surface area (Å²) in [6.07, 6.45) is -4.27. The van der Waals surface area contributed by atoms with Crippen LogP contribution in [0.2, 0.25) is 0 Å². The van der Waals surface area contributed by atoms with Crippen LogP contribution >= 0.6 is 0 Å². The normalized spacial score (nSPS) is 11.1. The van der Waals surface area contributed by atoms with E-state index in [2.05, 4.69) is 10.5 Å². The summed E-state index contributed by atoms with van der Waals surface area (Å²) >= 11 is 0. The zero-order valence-corrected chi connectivity index (χ0v) is 7.01. The van der Waals surface area contributed by atoms with Crippen LogP contribution in [-0.2, 0) is 0 Å². The molecule has 0 aliphatic carbocycles. The van der Waals surface area contributed by atoms with Crippen LogP contribution in [0.15, 0.2) is 29.4 Å². The molecule has 1 rings (SSSR count). The monoisotopic (exact) mass is 204 g/mol. The molecule has 1 N–H and O–H groups in total. The number of hydrogen-bond donors (Lipinski definition) is 1. The van der Waals surface area contributed by atoms with Gasteiger partial charge in [0.2, 0.25) is 0 Å². The minimum atomic E-state index is -4.27. The van der Waals surface area contributed by atoms with Crippen LogP contribution in [-0.4, -0.2) is 12.7 Å². The van der Waals surface area contributed by atoms with Gasteiger partial charge in [-0.15, -0.1) is 4.91 Å². The van der Waals surface area contributed by atoms with E-state index in [0.29, 0.717) is 0 Å². The second-order valence-corrected chi connectivity index (χ2v) is 2.61. The topological polar surface area (TPSA) is 41.5 Å². The van der Waals surface area contributed by atoms with Gasteiger partial charge in [0, 0.05) is 5.69 Å². The Kier molecular flexibility index (Phi) is 3.06. The zero-order chi connectivity index (χ0) is 10.6. The van der Waals surface area contributed by atoms with Crippen molar-refractivity contribution in [1.29, 1.82) is 0 Å². The fraction of sp³-hybridized carbons (Fsp3) is 0.250. The van der Waals surface area contributed by atoms with Crippen LogP contribution in [0.5, 0.6) is 0 Å². The lowest BCUT2D eigenvalue weighted by Gasteiger charge is -2.08. The number of halogens is 3. The third-order valence-electron chi connectivity index (χ3n) is 1.44. The molecule has 0 spiro atoms. The van der Waals surface area contributed by atoms with Gasteiger partial charge in [-0.05, 0) is 23.4 Å². The summed E-state index contributed by atoms with van der Waals surface area (Å²) < 4.78 is 35.3. The lowest BCUT2D eigenvalue weighted by atomic mass is 10.3. The molecular formula is C8H7F3N2O. The maximum atomic E-state index is 11.8. The number of nitroso groups, excluding NO2 is 1. The molecule has 76 valence electrons. The first-order valence-corrected chi connectivity index (χ1v) is 3.75. The molecule has 14 heavy (non-hydrogen) atoms. The van der Waals surface area contributed by atoms with Crippen molar-refractivity contribution in [3.05, 3.63) is 29.2 Å². The maximum absolute atomic E-state index is 11.8. The zero-order valence-electron chi connectivity index (χ0n) is 7.01. The summed E-state index contributed by atoms with van der Waals surface area (Å²) in [4.78, 5) is 10.1. The Hall–Kier alpha value is -1.59. The lowest BCUT2D eigenvalue weighted by molar-refractivity contribution is -0.115. The van der Waals surface area contributed by atoms with Crippen molar-refractivity contribution in [2.75, 3.05) is 11.9 Å². The summed E-state index contributed by atoms with van der Waals surface area (Å²) in [6, 6.07) is 5.54. The minimum Gasteiger partial charge on any atom is -0.376 e. The average Bonchev–Trinajstić information content (AvgIpc) is 2.14. The molecule has 0 saturated heterocycles. The fourth-order valence-corrected chi connectivity index (χ4v) is 0.875. The van der Waals surface area contributed by atoms with Crippen molar-refractivity contribution in [3.63, 3.8) is 0 Å². The SMILES string of the molecule is O=Nc1cccc(NCC(F)(F)F)c1. The molecule has 0 unspecified atom stereocenters. The predicted molar refractivity (Wildman–Crippen MR) is 46.4 cm³/mol. The van der Waals surface area contributed by atoms with Crippen LogP contribution in [0, 0.1) is 4.91 Å². The smallest absolute Gasteiger partial charge is 0.376 e. The van der Waals surface area contributed by atoms with Crippen LogP contribution in [0.3, 0.4) is 0 Å². The van der Waals surface area contributed by atoms with Gasteiger partial charge in [-0.2, -0.15) is 13.2 Å². The highest BCUT2D eigenvalue weighted by Crippen LogP contribution is 2.20. The van der Waals surface area contributed by atoms with Crippen LogP contribution in [0.4, 0.5) is 24.5 Å². The van der Waals surface area contributed by atoms with E-state index < -0.39 is 12.7 Å². The molecule has 6 heteroatoms. The van der Waals surface area contributed by atoms with E-state index in [1.807, 2.05) is 0 Å². The molecule has 1 aromatic rings. The first-order chi connectivity index (χ1) is 6.51. The second kappa shape index (κ2) is 4.08. The van der Waals surface area contributed by atoms with Crippen LogP contribution < -0.4 is 5.32 Å². The molecule has 0 fully saturated rings. The maximum Gasteiger partial charge on any atom is 0.405 e. The largest absolute Gasteiger partial charge is 0.405 e. The van der Waals surface area contributed by atoms with Crippen molar-refractivity contribution in [1.82, 2.24) is 0 Å². The quantitative estimate of drug-likeness (QED) is 0.768. The summed E-state index contributed by atoms with van der Waals surface area (Å²) in [7, 11) is 0. The Morgan fingerprint density at radius 2 is 2.07 bits per heavy atom. The summed E-state index contributed by atoms with van der Waals surface area (Å²) in [5.41, 5.74) is 0.316. The van der Waals surface area contributed by atoms with Gasteiger partial charge in [0.1, 0.15) is 12.2 Å².